The second-order valence-corrected chi connectivity index (χ2v) is 5.64. The number of nitrogens with one attached hydrogen (secondary N) is 1. The van der Waals surface area contributed by atoms with E-state index in [0.29, 0.717) is 0 Å². The number of benzene rings is 1. The van der Waals surface area contributed by atoms with E-state index < -0.39 is 17.6 Å². The molecule has 6 nitrogen and oxygen atoms in total. The molecule has 0 radical (unpaired) electrons. The molecule has 2 N–H and O–H groups in total. The van der Waals surface area contributed by atoms with E-state index in [0.717, 1.165) is 0 Å². The van der Waals surface area contributed by atoms with Gasteiger partial charge in [-0.05, 0) is 39.8 Å². The van der Waals surface area contributed by atoms with Crippen molar-refractivity contribution < 1.29 is 24.2 Å². The Kier molecular flexibility index (Phi) is 5.18. The van der Waals surface area contributed by atoms with Crippen LogP contribution in [0.25, 0.3) is 0 Å². The van der Waals surface area contributed by atoms with E-state index >= 15 is 0 Å². The molecule has 6 heteroatoms. The number of ether oxygens (including phenoxy) is 2. The highest BCUT2D eigenvalue weighted by molar-refractivity contribution is 5.92. The van der Waals surface area contributed by atoms with Crippen LogP contribution in [0.2, 0.25) is 0 Å². The molecule has 0 heterocycles. The zero-order chi connectivity index (χ0) is 16.2. The number of carbonyl (C=O) groups is 2. The Morgan fingerprint density at radius 2 is 1.90 bits per heavy atom. The van der Waals surface area contributed by atoms with E-state index in [1.807, 2.05) is 20.8 Å². The zero-order valence-corrected chi connectivity index (χ0v) is 12.9. The molecule has 0 saturated heterocycles. The summed E-state index contributed by atoms with van der Waals surface area (Å²) in [7, 11) is 1.41. The molecule has 0 aromatic heterocycles. The van der Waals surface area contributed by atoms with Gasteiger partial charge in [-0.1, -0.05) is 6.07 Å². The van der Waals surface area contributed by atoms with Gasteiger partial charge in [0.2, 0.25) is 0 Å². The van der Waals surface area contributed by atoms with Gasteiger partial charge >= 0.3 is 5.97 Å². The molecule has 0 aliphatic heterocycles. The van der Waals surface area contributed by atoms with Crippen LogP contribution in [0.15, 0.2) is 18.2 Å². The van der Waals surface area contributed by atoms with E-state index in [1.165, 1.54) is 13.2 Å². The lowest BCUT2D eigenvalue weighted by Gasteiger charge is -2.24. The molecule has 0 saturated carbocycles. The van der Waals surface area contributed by atoms with E-state index in [9.17, 15) is 14.7 Å². The Morgan fingerprint density at radius 1 is 1.29 bits per heavy atom. The minimum Gasteiger partial charge on any atom is -0.493 e. The third kappa shape index (κ3) is 4.66. The molecular formula is C15H21NO5. The van der Waals surface area contributed by atoms with Gasteiger partial charge in [0.05, 0.1) is 7.11 Å². The van der Waals surface area contributed by atoms with Crippen molar-refractivity contribution >= 4 is 11.9 Å². The molecular weight excluding hydrogens is 274 g/mol. The summed E-state index contributed by atoms with van der Waals surface area (Å²) in [5, 5.41) is 12.0. The first-order valence-electron chi connectivity index (χ1n) is 6.54. The fraction of sp³-hybridized carbons (Fsp3) is 0.467. The molecule has 116 valence electrons. The van der Waals surface area contributed by atoms with Gasteiger partial charge < -0.3 is 19.9 Å². The van der Waals surface area contributed by atoms with Gasteiger partial charge in [-0.2, -0.15) is 0 Å². The summed E-state index contributed by atoms with van der Waals surface area (Å²) >= 11 is 0. The first kappa shape index (κ1) is 16.8. The van der Waals surface area contributed by atoms with Crippen molar-refractivity contribution in [3.8, 4) is 11.5 Å². The first-order chi connectivity index (χ1) is 9.65. The van der Waals surface area contributed by atoms with Crippen molar-refractivity contribution in [2.75, 3.05) is 7.11 Å². The summed E-state index contributed by atoms with van der Waals surface area (Å²) in [5.74, 6) is -1.16. The van der Waals surface area contributed by atoms with Gasteiger partial charge in [0.1, 0.15) is 5.56 Å². The van der Waals surface area contributed by atoms with Gasteiger partial charge in [-0.3, -0.25) is 4.79 Å². The molecule has 1 amide bonds. The lowest BCUT2D eigenvalue weighted by Crippen LogP contribution is -2.46. The van der Waals surface area contributed by atoms with Crippen molar-refractivity contribution in [3.05, 3.63) is 23.8 Å². The van der Waals surface area contributed by atoms with Crippen LogP contribution >= 0.6 is 0 Å². The molecule has 1 aromatic rings. The predicted molar refractivity (Wildman–Crippen MR) is 77.9 cm³/mol. The fourth-order valence-electron chi connectivity index (χ4n) is 1.67. The third-order valence-corrected chi connectivity index (χ3v) is 2.59. The first-order valence-corrected chi connectivity index (χ1v) is 6.54. The molecule has 21 heavy (non-hydrogen) atoms. The number of para-hydroxylation sites is 1. The van der Waals surface area contributed by atoms with Crippen molar-refractivity contribution in [3.63, 3.8) is 0 Å². The summed E-state index contributed by atoms with van der Waals surface area (Å²) < 4.78 is 10.6. The minimum atomic E-state index is -1.15. The van der Waals surface area contributed by atoms with Gasteiger partial charge in [-0.25, -0.2) is 4.79 Å². The fourth-order valence-corrected chi connectivity index (χ4v) is 1.67. The van der Waals surface area contributed by atoms with E-state index in [2.05, 4.69) is 5.32 Å². The molecule has 1 unspecified atom stereocenters. The molecule has 0 spiro atoms. The molecule has 0 bridgehead atoms. The molecule has 0 fully saturated rings. The van der Waals surface area contributed by atoms with Crippen molar-refractivity contribution in [1.82, 2.24) is 5.32 Å². The van der Waals surface area contributed by atoms with Crippen LogP contribution in [0.4, 0.5) is 0 Å². The summed E-state index contributed by atoms with van der Waals surface area (Å²) in [6.45, 7) is 7.11. The largest absolute Gasteiger partial charge is 0.493 e. The van der Waals surface area contributed by atoms with Gasteiger partial charge in [0.15, 0.2) is 17.6 Å². The molecule has 1 atom stereocenters. The summed E-state index contributed by atoms with van der Waals surface area (Å²) in [6, 6.07) is 4.53. The third-order valence-electron chi connectivity index (χ3n) is 2.59. The maximum absolute atomic E-state index is 12.0. The van der Waals surface area contributed by atoms with E-state index in [4.69, 9.17) is 9.47 Å². The highest BCUT2D eigenvalue weighted by Gasteiger charge is 2.24. The van der Waals surface area contributed by atoms with Crippen molar-refractivity contribution in [1.29, 1.82) is 0 Å². The van der Waals surface area contributed by atoms with Crippen LogP contribution in [-0.4, -0.2) is 35.7 Å². The number of carbonyl (C=O) groups excluding carboxylic acids is 1. The summed E-state index contributed by atoms with van der Waals surface area (Å²) in [5.41, 5.74) is -0.449. The van der Waals surface area contributed by atoms with Gasteiger partial charge in [0.25, 0.3) is 5.91 Å². The summed E-state index contributed by atoms with van der Waals surface area (Å²) in [6.07, 6.45) is -0.848. The number of carboxylic acid groups (broad SMARTS) is 1. The number of aromatic carboxylic acids is 1. The SMILES string of the molecule is COc1cccc(C(=O)O)c1OC(C)C(=O)NC(C)(C)C. The van der Waals surface area contributed by atoms with Crippen LogP contribution in [0.3, 0.4) is 0 Å². The molecule has 0 aliphatic rings. The van der Waals surface area contributed by atoms with Crippen LogP contribution < -0.4 is 14.8 Å². The standard InChI is InChI=1S/C15H21NO5/c1-9(13(17)16-15(2,3)4)21-12-10(14(18)19)7-6-8-11(12)20-5/h6-9H,1-5H3,(H,16,17)(H,18,19). The maximum Gasteiger partial charge on any atom is 0.339 e. The van der Waals surface area contributed by atoms with Gasteiger partial charge in [0, 0.05) is 5.54 Å². The van der Waals surface area contributed by atoms with E-state index in [1.54, 1.807) is 19.1 Å². The quantitative estimate of drug-likeness (QED) is 0.868. The lowest BCUT2D eigenvalue weighted by atomic mass is 10.1. The molecule has 1 rings (SSSR count). The number of rotatable bonds is 5. The summed E-state index contributed by atoms with van der Waals surface area (Å²) in [4.78, 5) is 23.3. The van der Waals surface area contributed by atoms with Crippen molar-refractivity contribution in [2.24, 2.45) is 0 Å². The molecule has 1 aromatic carbocycles. The highest BCUT2D eigenvalue weighted by Crippen LogP contribution is 2.32. The number of hydrogen-bond donors (Lipinski definition) is 2. The Morgan fingerprint density at radius 3 is 2.38 bits per heavy atom. The van der Waals surface area contributed by atoms with Crippen molar-refractivity contribution in [2.45, 2.75) is 39.3 Å². The van der Waals surface area contributed by atoms with Crippen LogP contribution in [-0.2, 0) is 4.79 Å². The number of methoxy groups -OCH3 is 1. The average Bonchev–Trinajstić information content (AvgIpc) is 2.36. The second-order valence-electron chi connectivity index (χ2n) is 5.64. The van der Waals surface area contributed by atoms with Crippen LogP contribution in [0, 0.1) is 0 Å². The molecule has 0 aliphatic carbocycles. The average molecular weight is 295 g/mol. The topological polar surface area (TPSA) is 84.9 Å². The maximum atomic E-state index is 12.0. The Bertz CT molecular complexity index is 533. The predicted octanol–water partition coefficient (Wildman–Crippen LogP) is 2.08. The monoisotopic (exact) mass is 295 g/mol. The number of amides is 1. The van der Waals surface area contributed by atoms with Crippen LogP contribution in [0.5, 0.6) is 11.5 Å². The Labute approximate surface area is 124 Å². The zero-order valence-electron chi connectivity index (χ0n) is 12.9. The highest BCUT2D eigenvalue weighted by atomic mass is 16.5. The Hall–Kier alpha value is -2.24. The Balaban J connectivity index is 3.01. The van der Waals surface area contributed by atoms with Crippen LogP contribution in [0.1, 0.15) is 38.1 Å². The lowest BCUT2D eigenvalue weighted by molar-refractivity contribution is -0.128. The van der Waals surface area contributed by atoms with E-state index in [-0.39, 0.29) is 23.0 Å². The number of hydrogen-bond acceptors (Lipinski definition) is 4. The second kappa shape index (κ2) is 6.47. The number of carboxylic acids is 1. The minimum absolute atomic E-state index is 0.0454. The van der Waals surface area contributed by atoms with Gasteiger partial charge in [-0.15, -0.1) is 0 Å². The normalized spacial score (nSPS) is 12.4. The smallest absolute Gasteiger partial charge is 0.339 e.